The van der Waals surface area contributed by atoms with Gasteiger partial charge in [0.15, 0.2) is 0 Å². The Kier molecular flexibility index (Phi) is 14.9. The number of rotatable bonds is 6. The van der Waals surface area contributed by atoms with Gasteiger partial charge in [0.25, 0.3) is 0 Å². The van der Waals surface area contributed by atoms with E-state index in [1.54, 1.807) is 0 Å². The molecule has 0 atom stereocenters. The Labute approximate surface area is 95.5 Å². The Morgan fingerprint density at radius 1 is 1.33 bits per heavy atom. The van der Waals surface area contributed by atoms with Crippen LogP contribution in [0.15, 0.2) is 0 Å². The summed E-state index contributed by atoms with van der Waals surface area (Å²) in [7, 11) is 0. The molecule has 0 aromatic heterocycles. The van der Waals surface area contributed by atoms with E-state index in [1.807, 2.05) is 0 Å². The van der Waals surface area contributed by atoms with Gasteiger partial charge in [0.1, 0.15) is 6.61 Å². The van der Waals surface area contributed by atoms with Crippen molar-refractivity contribution in [2.24, 2.45) is 0 Å². The van der Waals surface area contributed by atoms with Crippen LogP contribution in [0.4, 0.5) is 0 Å². The molecule has 0 unspecified atom stereocenters. The Balaban J connectivity index is 0. The standard InChI is InChI=1S/C7H14O2S2.Cr/c1-2-3-4-8-5-6-9-7(10)11;/h2-6H2,1H3,(H,10,11);. The van der Waals surface area contributed by atoms with Gasteiger partial charge in [0.2, 0.25) is 4.38 Å². The van der Waals surface area contributed by atoms with E-state index in [4.69, 9.17) is 9.47 Å². The Morgan fingerprint density at radius 2 is 2.00 bits per heavy atom. The first kappa shape index (κ1) is 15.2. The van der Waals surface area contributed by atoms with Crippen molar-refractivity contribution in [3.05, 3.63) is 0 Å². The smallest absolute Gasteiger partial charge is 0.216 e. The molecule has 0 saturated carbocycles. The average Bonchev–Trinajstić information content (AvgIpc) is 1.96. The van der Waals surface area contributed by atoms with E-state index in [0.717, 1.165) is 19.4 Å². The van der Waals surface area contributed by atoms with Crippen LogP contribution in [0.25, 0.3) is 0 Å². The van der Waals surface area contributed by atoms with Crippen LogP contribution in [0.2, 0.25) is 0 Å². The van der Waals surface area contributed by atoms with Crippen molar-refractivity contribution in [2.75, 3.05) is 19.8 Å². The monoisotopic (exact) mass is 246 g/mol. The molecule has 0 aliphatic rings. The number of thiol groups is 1. The molecule has 0 aromatic carbocycles. The van der Waals surface area contributed by atoms with Crippen LogP contribution in [0.1, 0.15) is 19.8 Å². The normalized spacial score (nSPS) is 8.83. The molecule has 0 aliphatic heterocycles. The third kappa shape index (κ3) is 13.3. The summed E-state index contributed by atoms with van der Waals surface area (Å²) in [6.45, 7) is 4.04. The van der Waals surface area contributed by atoms with Crippen molar-refractivity contribution in [3.8, 4) is 0 Å². The zero-order valence-corrected chi connectivity index (χ0v) is 10.1. The van der Waals surface area contributed by atoms with Gasteiger partial charge in [-0.05, 0) is 18.6 Å². The topological polar surface area (TPSA) is 18.5 Å². The number of hydrogen-bond donors (Lipinski definition) is 1. The molecule has 0 fully saturated rings. The summed E-state index contributed by atoms with van der Waals surface area (Å²) in [4.78, 5) is 0. The summed E-state index contributed by atoms with van der Waals surface area (Å²) in [5.74, 6) is 0. The van der Waals surface area contributed by atoms with Crippen molar-refractivity contribution in [1.82, 2.24) is 0 Å². The second-order valence-corrected chi connectivity index (χ2v) is 3.16. The second-order valence-electron chi connectivity index (χ2n) is 2.08. The van der Waals surface area contributed by atoms with Crippen LogP contribution in [0, 0.1) is 0 Å². The maximum absolute atomic E-state index is 5.21. The summed E-state index contributed by atoms with van der Waals surface area (Å²) in [6, 6.07) is 0. The first-order valence-electron chi connectivity index (χ1n) is 3.70. The van der Waals surface area contributed by atoms with Crippen LogP contribution in [-0.2, 0) is 26.8 Å². The zero-order chi connectivity index (χ0) is 8.53. The van der Waals surface area contributed by atoms with Gasteiger partial charge in [-0.1, -0.05) is 26.0 Å². The van der Waals surface area contributed by atoms with E-state index < -0.39 is 0 Å². The van der Waals surface area contributed by atoms with Crippen molar-refractivity contribution < 1.29 is 26.8 Å². The molecular weight excluding hydrogens is 232 g/mol. The molecule has 0 aromatic rings. The molecule has 72 valence electrons. The van der Waals surface area contributed by atoms with Crippen molar-refractivity contribution >= 4 is 29.2 Å². The van der Waals surface area contributed by atoms with E-state index in [1.165, 1.54) is 0 Å². The summed E-state index contributed by atoms with van der Waals surface area (Å²) in [5, 5.41) is 0. The van der Waals surface area contributed by atoms with Gasteiger partial charge >= 0.3 is 0 Å². The van der Waals surface area contributed by atoms with Crippen LogP contribution < -0.4 is 0 Å². The third-order valence-corrected chi connectivity index (χ3v) is 1.34. The maximum atomic E-state index is 5.21. The second kappa shape index (κ2) is 11.7. The molecular formula is C7H14CrO2S2. The quantitative estimate of drug-likeness (QED) is 0.439. The number of unbranched alkanes of at least 4 members (excludes halogenated alkanes) is 1. The molecule has 0 spiro atoms. The van der Waals surface area contributed by atoms with Crippen LogP contribution in [0.5, 0.6) is 0 Å². The Bertz CT molecular complexity index is 112. The number of hydrogen-bond acceptors (Lipinski definition) is 3. The van der Waals surface area contributed by atoms with E-state index in [-0.39, 0.29) is 21.7 Å². The number of ether oxygens (including phenoxy) is 2. The fourth-order valence-corrected chi connectivity index (χ4v) is 0.711. The molecule has 0 rings (SSSR count). The molecule has 0 N–H and O–H groups in total. The molecule has 12 heavy (non-hydrogen) atoms. The number of thiocarbonyl (C=S) groups is 1. The Morgan fingerprint density at radius 3 is 2.50 bits per heavy atom. The van der Waals surface area contributed by atoms with Gasteiger partial charge in [0.05, 0.1) is 6.61 Å². The van der Waals surface area contributed by atoms with E-state index in [2.05, 4.69) is 31.8 Å². The van der Waals surface area contributed by atoms with Gasteiger partial charge < -0.3 is 9.47 Å². The molecule has 0 bridgehead atoms. The first-order chi connectivity index (χ1) is 5.27. The minimum Gasteiger partial charge on any atom is -0.476 e. The fraction of sp³-hybridized carbons (Fsp3) is 0.857. The van der Waals surface area contributed by atoms with Crippen LogP contribution in [-0.4, -0.2) is 24.2 Å². The van der Waals surface area contributed by atoms with E-state index >= 15 is 0 Å². The largest absolute Gasteiger partial charge is 0.476 e. The molecule has 5 heteroatoms. The molecule has 0 radical (unpaired) electrons. The summed E-state index contributed by atoms with van der Waals surface area (Å²) >= 11 is 8.38. The Hall–Kier alpha value is 0.732. The molecule has 0 saturated heterocycles. The molecule has 0 amide bonds. The van der Waals surface area contributed by atoms with Crippen molar-refractivity contribution in [2.45, 2.75) is 19.8 Å². The summed E-state index contributed by atoms with van der Waals surface area (Å²) < 4.78 is 10.4. The van der Waals surface area contributed by atoms with E-state index in [0.29, 0.717) is 13.2 Å². The molecule has 0 heterocycles. The summed E-state index contributed by atoms with van der Waals surface area (Å²) in [6.07, 6.45) is 2.26. The van der Waals surface area contributed by atoms with Crippen molar-refractivity contribution in [3.63, 3.8) is 0 Å². The van der Waals surface area contributed by atoms with Crippen LogP contribution in [0.3, 0.4) is 0 Å². The van der Waals surface area contributed by atoms with Crippen molar-refractivity contribution in [1.29, 1.82) is 0 Å². The van der Waals surface area contributed by atoms with Gasteiger partial charge in [-0.2, -0.15) is 0 Å². The van der Waals surface area contributed by atoms with Gasteiger partial charge in [0, 0.05) is 24.0 Å². The average molecular weight is 246 g/mol. The van der Waals surface area contributed by atoms with Gasteiger partial charge in [-0.25, -0.2) is 0 Å². The zero-order valence-electron chi connectivity index (χ0n) is 7.12. The van der Waals surface area contributed by atoms with E-state index in [9.17, 15) is 0 Å². The SMILES string of the molecule is CCCCOCCOC(=S)S.[Cr]. The predicted molar refractivity (Wildman–Crippen MR) is 53.3 cm³/mol. The van der Waals surface area contributed by atoms with Gasteiger partial charge in [-0.3, -0.25) is 0 Å². The minimum atomic E-state index is 0. The minimum absolute atomic E-state index is 0. The predicted octanol–water partition coefficient (Wildman–Crippen LogP) is 2.03. The van der Waals surface area contributed by atoms with Gasteiger partial charge in [-0.15, -0.1) is 0 Å². The van der Waals surface area contributed by atoms with Crippen LogP contribution >= 0.6 is 24.8 Å². The summed E-state index contributed by atoms with van der Waals surface area (Å²) in [5.41, 5.74) is 0. The third-order valence-electron chi connectivity index (χ3n) is 1.10. The molecule has 2 nitrogen and oxygen atoms in total. The molecule has 0 aliphatic carbocycles. The maximum Gasteiger partial charge on any atom is 0.216 e. The fourth-order valence-electron chi connectivity index (χ4n) is 0.536. The first-order valence-corrected chi connectivity index (χ1v) is 4.56.